The van der Waals surface area contributed by atoms with Gasteiger partial charge in [-0.1, -0.05) is 6.07 Å². The molecule has 1 aliphatic heterocycles. The van der Waals surface area contributed by atoms with Crippen LogP contribution in [0.3, 0.4) is 0 Å². The highest BCUT2D eigenvalue weighted by molar-refractivity contribution is 7.80. The summed E-state index contributed by atoms with van der Waals surface area (Å²) >= 11 is 4.92. The van der Waals surface area contributed by atoms with E-state index in [0.29, 0.717) is 29.8 Å². The molecule has 1 aliphatic rings. The van der Waals surface area contributed by atoms with E-state index in [1.807, 2.05) is 0 Å². The van der Waals surface area contributed by atoms with Crippen molar-refractivity contribution in [2.75, 3.05) is 20.4 Å². The summed E-state index contributed by atoms with van der Waals surface area (Å²) in [5.41, 5.74) is 3.31. The fourth-order valence-electron chi connectivity index (χ4n) is 1.50. The summed E-state index contributed by atoms with van der Waals surface area (Å²) in [6.07, 6.45) is 0. The van der Waals surface area contributed by atoms with Gasteiger partial charge in [0.2, 0.25) is 0 Å². The highest BCUT2D eigenvalue weighted by atomic mass is 32.1. The van der Waals surface area contributed by atoms with Gasteiger partial charge in [0.1, 0.15) is 5.75 Å². The number of ether oxygens (including phenoxy) is 1. The zero-order valence-corrected chi connectivity index (χ0v) is 10.7. The molecule has 3 N–H and O–H groups in total. The first-order valence-electron chi connectivity index (χ1n) is 5.41. The number of hydrogen-bond acceptors (Lipinski definition) is 4. The third kappa shape index (κ3) is 3.08. The Bertz CT molecular complexity index is 456. The number of amides is 1. The smallest absolute Gasteiger partial charge is 0.265 e. The van der Waals surface area contributed by atoms with Crippen molar-refractivity contribution in [1.29, 1.82) is 0 Å². The van der Waals surface area contributed by atoms with Gasteiger partial charge in [-0.2, -0.15) is 5.01 Å². The Morgan fingerprint density at radius 3 is 2.83 bits per heavy atom. The van der Waals surface area contributed by atoms with Crippen molar-refractivity contribution in [3.8, 4) is 5.75 Å². The number of carbonyl (C=O) groups is 1. The standard InChI is InChI=1S/C11H14N4O2S/c1-17-9-4-2-3-8(5-9)10(16)14-15-6-12-11(18)13-7-15/h2-5H,6-7H2,1H3,(H,14,16)(H2,12,13,18). The maximum absolute atomic E-state index is 12.0. The second kappa shape index (κ2) is 5.65. The van der Waals surface area contributed by atoms with Crippen molar-refractivity contribution in [2.45, 2.75) is 0 Å². The molecular formula is C11H14N4O2S. The first kappa shape index (κ1) is 12.6. The zero-order chi connectivity index (χ0) is 13.0. The molecule has 0 aromatic heterocycles. The third-order valence-electron chi connectivity index (χ3n) is 2.45. The van der Waals surface area contributed by atoms with Crippen LogP contribution in [0.25, 0.3) is 0 Å². The molecule has 0 radical (unpaired) electrons. The molecule has 96 valence electrons. The Morgan fingerprint density at radius 2 is 2.17 bits per heavy atom. The Morgan fingerprint density at radius 1 is 1.44 bits per heavy atom. The maximum Gasteiger partial charge on any atom is 0.265 e. The predicted molar refractivity (Wildman–Crippen MR) is 70.9 cm³/mol. The molecule has 1 amide bonds. The second-order valence-corrected chi connectivity index (χ2v) is 4.12. The summed E-state index contributed by atoms with van der Waals surface area (Å²) in [4.78, 5) is 12.0. The highest BCUT2D eigenvalue weighted by Gasteiger charge is 2.15. The van der Waals surface area contributed by atoms with E-state index in [1.165, 1.54) is 0 Å². The highest BCUT2D eigenvalue weighted by Crippen LogP contribution is 2.12. The van der Waals surface area contributed by atoms with Gasteiger partial charge >= 0.3 is 0 Å². The summed E-state index contributed by atoms with van der Waals surface area (Å²) < 4.78 is 5.07. The van der Waals surface area contributed by atoms with Crippen molar-refractivity contribution in [3.05, 3.63) is 29.8 Å². The fraction of sp³-hybridized carbons (Fsp3) is 0.273. The number of hydrogen-bond donors (Lipinski definition) is 3. The van der Waals surface area contributed by atoms with Gasteiger partial charge in [0.25, 0.3) is 5.91 Å². The molecule has 18 heavy (non-hydrogen) atoms. The van der Waals surface area contributed by atoms with Crippen molar-refractivity contribution in [2.24, 2.45) is 0 Å². The number of nitrogens with one attached hydrogen (secondary N) is 3. The lowest BCUT2D eigenvalue weighted by Gasteiger charge is -2.29. The lowest BCUT2D eigenvalue weighted by molar-refractivity contribution is 0.0759. The number of methoxy groups -OCH3 is 1. The molecule has 0 aliphatic carbocycles. The Balaban J connectivity index is 1.96. The van der Waals surface area contributed by atoms with E-state index >= 15 is 0 Å². The molecule has 2 rings (SSSR count). The second-order valence-electron chi connectivity index (χ2n) is 3.71. The molecule has 1 saturated heterocycles. The molecule has 0 spiro atoms. The van der Waals surface area contributed by atoms with Gasteiger partial charge in [-0.3, -0.25) is 10.2 Å². The van der Waals surface area contributed by atoms with Crippen LogP contribution in [0.2, 0.25) is 0 Å². The van der Waals surface area contributed by atoms with Crippen molar-refractivity contribution in [1.82, 2.24) is 21.1 Å². The summed E-state index contributed by atoms with van der Waals surface area (Å²) in [5.74, 6) is 0.462. The van der Waals surface area contributed by atoms with Gasteiger partial charge < -0.3 is 15.4 Å². The molecule has 1 aromatic carbocycles. The SMILES string of the molecule is COc1cccc(C(=O)NN2CNC(=S)NC2)c1. The van der Waals surface area contributed by atoms with Crippen molar-refractivity contribution >= 4 is 23.2 Å². The van der Waals surface area contributed by atoms with Gasteiger partial charge in [-0.25, -0.2) is 0 Å². The molecule has 6 nitrogen and oxygen atoms in total. The monoisotopic (exact) mass is 266 g/mol. The van der Waals surface area contributed by atoms with Crippen LogP contribution in [-0.2, 0) is 0 Å². The Labute approximate surface area is 110 Å². The van der Waals surface area contributed by atoms with Gasteiger partial charge in [-0.05, 0) is 30.4 Å². The number of hydrazine groups is 1. The average molecular weight is 266 g/mol. The van der Waals surface area contributed by atoms with Crippen LogP contribution in [0.5, 0.6) is 5.75 Å². The molecule has 0 bridgehead atoms. The molecule has 0 unspecified atom stereocenters. The summed E-state index contributed by atoms with van der Waals surface area (Å²) in [6, 6.07) is 6.98. The van der Waals surface area contributed by atoms with Crippen LogP contribution in [0.15, 0.2) is 24.3 Å². The van der Waals surface area contributed by atoms with Crippen LogP contribution in [-0.4, -0.2) is 36.5 Å². The van der Waals surface area contributed by atoms with Crippen LogP contribution in [0.4, 0.5) is 0 Å². The Kier molecular flexibility index (Phi) is 3.96. The summed E-state index contributed by atoms with van der Waals surface area (Å²) in [6.45, 7) is 0.948. The minimum Gasteiger partial charge on any atom is -0.497 e. The van der Waals surface area contributed by atoms with E-state index in [-0.39, 0.29) is 5.91 Å². The number of carbonyl (C=O) groups excluding carboxylic acids is 1. The summed E-state index contributed by atoms with van der Waals surface area (Å²) in [7, 11) is 1.57. The van der Waals surface area contributed by atoms with Crippen LogP contribution in [0, 0.1) is 0 Å². The van der Waals surface area contributed by atoms with Gasteiger partial charge in [0.05, 0.1) is 20.4 Å². The van der Waals surface area contributed by atoms with Crippen molar-refractivity contribution in [3.63, 3.8) is 0 Å². The van der Waals surface area contributed by atoms with Gasteiger partial charge in [-0.15, -0.1) is 0 Å². The Hall–Kier alpha value is -1.86. The minimum absolute atomic E-state index is 0.190. The first-order valence-corrected chi connectivity index (χ1v) is 5.81. The first-order chi connectivity index (χ1) is 8.69. The van der Waals surface area contributed by atoms with E-state index < -0.39 is 0 Å². The van der Waals surface area contributed by atoms with Crippen molar-refractivity contribution < 1.29 is 9.53 Å². The molecule has 7 heteroatoms. The lowest BCUT2D eigenvalue weighted by atomic mass is 10.2. The molecule has 0 atom stereocenters. The summed E-state index contributed by atoms with van der Waals surface area (Å²) in [5, 5.41) is 8.11. The largest absolute Gasteiger partial charge is 0.497 e. The molecular weight excluding hydrogens is 252 g/mol. The van der Waals surface area contributed by atoms with Gasteiger partial charge in [0.15, 0.2) is 5.11 Å². The lowest BCUT2D eigenvalue weighted by Crippen LogP contribution is -2.59. The molecule has 0 saturated carbocycles. The van der Waals surface area contributed by atoms with E-state index in [4.69, 9.17) is 17.0 Å². The predicted octanol–water partition coefficient (Wildman–Crippen LogP) is 0.0347. The maximum atomic E-state index is 12.0. The third-order valence-corrected chi connectivity index (χ3v) is 2.74. The van der Waals surface area contributed by atoms with Gasteiger partial charge in [0, 0.05) is 5.56 Å². The number of rotatable bonds is 3. The quantitative estimate of drug-likeness (QED) is 0.671. The number of thiocarbonyl (C=S) groups is 1. The fourth-order valence-corrected chi connectivity index (χ4v) is 1.63. The van der Waals surface area contributed by atoms with E-state index in [1.54, 1.807) is 36.4 Å². The average Bonchev–Trinajstić information content (AvgIpc) is 2.41. The normalized spacial score (nSPS) is 15.5. The van der Waals surface area contributed by atoms with E-state index in [9.17, 15) is 4.79 Å². The topological polar surface area (TPSA) is 65.6 Å². The van der Waals surface area contributed by atoms with Crippen LogP contribution < -0.4 is 20.8 Å². The van der Waals surface area contributed by atoms with Crippen LogP contribution in [0.1, 0.15) is 10.4 Å². The number of benzene rings is 1. The number of nitrogens with zero attached hydrogens (tertiary/aromatic N) is 1. The van der Waals surface area contributed by atoms with E-state index in [2.05, 4.69) is 16.1 Å². The zero-order valence-electron chi connectivity index (χ0n) is 9.90. The molecule has 1 fully saturated rings. The van der Waals surface area contributed by atoms with Crippen LogP contribution >= 0.6 is 12.2 Å². The van der Waals surface area contributed by atoms with E-state index in [0.717, 1.165) is 0 Å². The minimum atomic E-state index is -0.190. The molecule has 1 aromatic rings. The molecule has 1 heterocycles.